The highest BCUT2D eigenvalue weighted by atomic mass is 16.4. The van der Waals surface area contributed by atoms with Crippen LogP contribution >= 0.6 is 0 Å². The van der Waals surface area contributed by atoms with Gasteiger partial charge in [0.1, 0.15) is 11.3 Å². The predicted molar refractivity (Wildman–Crippen MR) is 76.8 cm³/mol. The average molecular weight is 294 g/mol. The van der Waals surface area contributed by atoms with Crippen LogP contribution in [0.3, 0.4) is 0 Å². The highest BCUT2D eigenvalue weighted by Crippen LogP contribution is 2.33. The van der Waals surface area contributed by atoms with Crippen LogP contribution < -0.4 is 0 Å². The first-order valence-electron chi connectivity index (χ1n) is 7.37. The molecule has 0 radical (unpaired) electrons. The molecule has 116 valence electrons. The Bertz CT molecular complexity index is 500. The van der Waals surface area contributed by atoms with Gasteiger partial charge in [-0.25, -0.2) is 9.59 Å². The smallest absolute Gasteiger partial charge is 0.329 e. The van der Waals surface area contributed by atoms with E-state index in [2.05, 4.69) is 0 Å². The zero-order valence-corrected chi connectivity index (χ0v) is 12.5. The molecule has 1 N–H and O–H groups in total. The molecule has 1 saturated heterocycles. The van der Waals surface area contributed by atoms with Crippen LogP contribution in [-0.2, 0) is 11.3 Å². The van der Waals surface area contributed by atoms with Crippen molar-refractivity contribution in [1.29, 1.82) is 0 Å². The topological polar surface area (TPSA) is 74.0 Å². The Hall–Kier alpha value is -1.98. The third-order valence-corrected chi connectivity index (χ3v) is 4.28. The summed E-state index contributed by atoms with van der Waals surface area (Å²) < 4.78 is 5.28. The van der Waals surface area contributed by atoms with Crippen LogP contribution in [0.5, 0.6) is 0 Å². The molecule has 1 aromatic heterocycles. The number of carboxylic acids is 1. The van der Waals surface area contributed by atoms with E-state index in [4.69, 9.17) is 4.42 Å². The molecule has 1 aromatic rings. The zero-order valence-electron chi connectivity index (χ0n) is 12.5. The van der Waals surface area contributed by atoms with Gasteiger partial charge in [0.05, 0.1) is 12.8 Å². The van der Waals surface area contributed by atoms with E-state index in [1.807, 2.05) is 19.9 Å². The van der Waals surface area contributed by atoms with E-state index in [-0.39, 0.29) is 6.03 Å². The van der Waals surface area contributed by atoms with Crippen molar-refractivity contribution in [2.75, 3.05) is 13.1 Å². The molecular weight excluding hydrogens is 272 g/mol. The van der Waals surface area contributed by atoms with Gasteiger partial charge in [-0.1, -0.05) is 6.92 Å². The van der Waals surface area contributed by atoms with Crippen molar-refractivity contribution in [2.24, 2.45) is 0 Å². The van der Waals surface area contributed by atoms with E-state index in [1.165, 1.54) is 4.90 Å². The Balaban J connectivity index is 2.18. The second kappa shape index (κ2) is 6.20. The van der Waals surface area contributed by atoms with E-state index in [9.17, 15) is 14.7 Å². The fourth-order valence-electron chi connectivity index (χ4n) is 2.97. The highest BCUT2D eigenvalue weighted by molar-refractivity contribution is 5.87. The Kier molecular flexibility index (Phi) is 4.55. The number of carbonyl (C=O) groups is 2. The maximum Gasteiger partial charge on any atom is 0.329 e. The number of carbonyl (C=O) groups excluding carboxylic acids is 1. The van der Waals surface area contributed by atoms with Gasteiger partial charge in [0.25, 0.3) is 0 Å². The van der Waals surface area contributed by atoms with Gasteiger partial charge in [0, 0.05) is 13.1 Å². The first-order chi connectivity index (χ1) is 10.0. The Morgan fingerprint density at radius 2 is 2.24 bits per heavy atom. The first-order valence-corrected chi connectivity index (χ1v) is 7.37. The molecule has 0 aliphatic carbocycles. The summed E-state index contributed by atoms with van der Waals surface area (Å²) >= 11 is 0. The highest BCUT2D eigenvalue weighted by Gasteiger charge is 2.49. The summed E-state index contributed by atoms with van der Waals surface area (Å²) in [6, 6.07) is 3.36. The van der Waals surface area contributed by atoms with Crippen molar-refractivity contribution in [1.82, 2.24) is 9.80 Å². The van der Waals surface area contributed by atoms with Gasteiger partial charge in [0.15, 0.2) is 0 Å². The molecule has 1 aliphatic rings. The Morgan fingerprint density at radius 3 is 2.76 bits per heavy atom. The van der Waals surface area contributed by atoms with Crippen molar-refractivity contribution in [2.45, 2.75) is 45.2 Å². The molecule has 1 aliphatic heterocycles. The molecule has 2 amide bonds. The lowest BCUT2D eigenvalue weighted by Crippen LogP contribution is -2.56. The van der Waals surface area contributed by atoms with E-state index < -0.39 is 11.5 Å². The lowest BCUT2D eigenvalue weighted by atomic mass is 9.93. The quantitative estimate of drug-likeness (QED) is 0.905. The van der Waals surface area contributed by atoms with Gasteiger partial charge in [-0.05, 0) is 38.3 Å². The number of nitrogens with zero attached hydrogens (tertiary/aromatic N) is 2. The average Bonchev–Trinajstić information content (AvgIpc) is 3.13. The summed E-state index contributed by atoms with van der Waals surface area (Å²) in [5, 5.41) is 9.56. The SMILES string of the molecule is CCN(Cc1ccco1)C(=O)N1CCCC1(CC)C(=O)O. The fourth-order valence-corrected chi connectivity index (χ4v) is 2.97. The number of urea groups is 1. The Morgan fingerprint density at radius 1 is 1.48 bits per heavy atom. The van der Waals surface area contributed by atoms with E-state index in [1.54, 1.807) is 17.2 Å². The van der Waals surface area contributed by atoms with Crippen LogP contribution in [-0.4, -0.2) is 45.5 Å². The lowest BCUT2D eigenvalue weighted by Gasteiger charge is -2.37. The van der Waals surface area contributed by atoms with Gasteiger partial charge < -0.3 is 19.3 Å². The first kappa shape index (κ1) is 15.4. The van der Waals surface area contributed by atoms with Crippen LogP contribution in [0.25, 0.3) is 0 Å². The standard InChI is InChI=1S/C15H22N2O4/c1-3-15(13(18)19)8-6-9-17(15)14(20)16(4-2)11-12-7-5-10-21-12/h5,7,10H,3-4,6,8-9,11H2,1-2H3,(H,18,19). The van der Waals surface area contributed by atoms with E-state index in [0.717, 1.165) is 6.42 Å². The summed E-state index contributed by atoms with van der Waals surface area (Å²) in [5.41, 5.74) is -1.06. The third-order valence-electron chi connectivity index (χ3n) is 4.28. The van der Waals surface area contributed by atoms with Gasteiger partial charge >= 0.3 is 12.0 Å². The predicted octanol–water partition coefficient (Wildman–Crippen LogP) is 2.55. The molecule has 0 bridgehead atoms. The van der Waals surface area contributed by atoms with Crippen molar-refractivity contribution in [3.05, 3.63) is 24.2 Å². The second-order valence-electron chi connectivity index (χ2n) is 5.32. The summed E-state index contributed by atoms with van der Waals surface area (Å²) in [6.07, 6.45) is 3.23. The number of carboxylic acid groups (broad SMARTS) is 1. The summed E-state index contributed by atoms with van der Waals surface area (Å²) in [5.74, 6) is -0.216. The van der Waals surface area contributed by atoms with Crippen molar-refractivity contribution < 1.29 is 19.1 Å². The molecule has 0 aromatic carbocycles. The summed E-state index contributed by atoms with van der Waals surface area (Å²) in [6.45, 7) is 5.06. The number of hydrogen-bond acceptors (Lipinski definition) is 3. The van der Waals surface area contributed by atoms with Crippen LogP contribution in [0, 0.1) is 0 Å². The summed E-state index contributed by atoms with van der Waals surface area (Å²) in [7, 11) is 0. The van der Waals surface area contributed by atoms with Crippen LogP contribution in [0.4, 0.5) is 4.79 Å². The number of amides is 2. The van der Waals surface area contributed by atoms with Crippen LogP contribution in [0.1, 0.15) is 38.9 Å². The second-order valence-corrected chi connectivity index (χ2v) is 5.32. The monoisotopic (exact) mass is 294 g/mol. The fraction of sp³-hybridized carbons (Fsp3) is 0.600. The molecule has 0 saturated carbocycles. The maximum atomic E-state index is 12.7. The Labute approximate surface area is 124 Å². The molecule has 21 heavy (non-hydrogen) atoms. The number of likely N-dealkylation sites (tertiary alicyclic amines) is 1. The largest absolute Gasteiger partial charge is 0.479 e. The number of furan rings is 1. The normalized spacial score (nSPS) is 21.5. The van der Waals surface area contributed by atoms with Crippen LogP contribution in [0.15, 0.2) is 22.8 Å². The zero-order chi connectivity index (χ0) is 15.5. The number of hydrogen-bond donors (Lipinski definition) is 1. The van der Waals surface area contributed by atoms with E-state index >= 15 is 0 Å². The molecule has 2 rings (SSSR count). The minimum atomic E-state index is -1.06. The number of rotatable bonds is 5. The molecular formula is C15H22N2O4. The molecule has 1 fully saturated rings. The maximum absolute atomic E-state index is 12.7. The van der Waals surface area contributed by atoms with Crippen molar-refractivity contribution >= 4 is 12.0 Å². The molecule has 6 nitrogen and oxygen atoms in total. The van der Waals surface area contributed by atoms with Crippen molar-refractivity contribution in [3.63, 3.8) is 0 Å². The minimum absolute atomic E-state index is 0.226. The minimum Gasteiger partial charge on any atom is -0.479 e. The van der Waals surface area contributed by atoms with Gasteiger partial charge in [0.2, 0.25) is 0 Å². The van der Waals surface area contributed by atoms with Crippen molar-refractivity contribution in [3.8, 4) is 0 Å². The van der Waals surface area contributed by atoms with Gasteiger partial charge in [-0.3, -0.25) is 0 Å². The lowest BCUT2D eigenvalue weighted by molar-refractivity contribution is -0.148. The third kappa shape index (κ3) is 2.75. The molecule has 0 spiro atoms. The number of aliphatic carboxylic acids is 1. The molecule has 2 heterocycles. The molecule has 6 heteroatoms. The van der Waals surface area contributed by atoms with E-state index in [0.29, 0.717) is 38.2 Å². The molecule has 1 atom stereocenters. The molecule has 1 unspecified atom stereocenters. The van der Waals surface area contributed by atoms with Crippen LogP contribution in [0.2, 0.25) is 0 Å². The van der Waals surface area contributed by atoms with Gasteiger partial charge in [-0.15, -0.1) is 0 Å². The summed E-state index contributed by atoms with van der Waals surface area (Å²) in [4.78, 5) is 27.5. The van der Waals surface area contributed by atoms with Gasteiger partial charge in [-0.2, -0.15) is 0 Å².